The molecule has 2 rings (SSSR count). The Bertz CT molecular complexity index is 795. The molecule has 6 nitrogen and oxygen atoms in total. The van der Waals surface area contributed by atoms with Gasteiger partial charge in [-0.25, -0.2) is 4.39 Å². The number of para-hydroxylation sites is 1. The number of carbonyl (C=O) groups excluding carboxylic acids is 2. The zero-order valence-corrected chi connectivity index (χ0v) is 14.8. The van der Waals surface area contributed by atoms with E-state index in [9.17, 15) is 14.0 Å². The normalized spacial score (nSPS) is 11.4. The maximum absolute atomic E-state index is 13.6. The van der Waals surface area contributed by atoms with Crippen molar-refractivity contribution in [3.05, 3.63) is 53.8 Å². The molecule has 0 aliphatic heterocycles. The van der Waals surface area contributed by atoms with Crippen LogP contribution in [0.15, 0.2) is 42.5 Å². The van der Waals surface area contributed by atoms with Gasteiger partial charge in [0, 0.05) is 0 Å². The highest BCUT2D eigenvalue weighted by molar-refractivity contribution is 5.97. The summed E-state index contributed by atoms with van der Waals surface area (Å²) >= 11 is 0. The second-order valence-electron chi connectivity index (χ2n) is 5.62. The van der Waals surface area contributed by atoms with Gasteiger partial charge >= 0.3 is 0 Å². The van der Waals surface area contributed by atoms with Gasteiger partial charge in [0.25, 0.3) is 0 Å². The summed E-state index contributed by atoms with van der Waals surface area (Å²) in [6, 6.07) is 10.2. The van der Waals surface area contributed by atoms with Crippen molar-refractivity contribution < 1.29 is 23.5 Å². The summed E-state index contributed by atoms with van der Waals surface area (Å²) in [6.45, 7) is 1.53. The molecule has 1 unspecified atom stereocenters. The first kappa shape index (κ1) is 19.2. The zero-order valence-electron chi connectivity index (χ0n) is 14.8. The lowest BCUT2D eigenvalue weighted by atomic mass is 10.1. The molecule has 0 fully saturated rings. The molecule has 0 bridgehead atoms. The Hall–Kier alpha value is -3.09. The van der Waals surface area contributed by atoms with Gasteiger partial charge in [-0.15, -0.1) is 0 Å². The third-order valence-corrected chi connectivity index (χ3v) is 3.72. The van der Waals surface area contributed by atoms with Crippen molar-refractivity contribution in [3.63, 3.8) is 0 Å². The number of carbonyl (C=O) groups is 2. The molecule has 0 spiro atoms. The molecule has 0 radical (unpaired) electrons. The Morgan fingerprint density at radius 3 is 2.42 bits per heavy atom. The number of ether oxygens (including phenoxy) is 2. The SMILES string of the molecule is COc1ccc(CC(=O)NC(C)C(=O)Nc2ccccc2F)cc1OC. The minimum Gasteiger partial charge on any atom is -0.493 e. The first-order chi connectivity index (χ1) is 12.4. The molecule has 0 saturated heterocycles. The van der Waals surface area contributed by atoms with Crippen LogP contribution in [0.2, 0.25) is 0 Å². The number of benzene rings is 2. The number of nitrogens with one attached hydrogen (secondary N) is 2. The van der Waals surface area contributed by atoms with E-state index in [1.54, 1.807) is 24.3 Å². The zero-order chi connectivity index (χ0) is 19.1. The summed E-state index contributed by atoms with van der Waals surface area (Å²) < 4.78 is 23.9. The summed E-state index contributed by atoms with van der Waals surface area (Å²) in [5.74, 6) is -0.300. The summed E-state index contributed by atoms with van der Waals surface area (Å²) in [4.78, 5) is 24.3. The van der Waals surface area contributed by atoms with Gasteiger partial charge in [0.2, 0.25) is 11.8 Å². The van der Waals surface area contributed by atoms with Crippen LogP contribution in [0.1, 0.15) is 12.5 Å². The highest BCUT2D eigenvalue weighted by atomic mass is 19.1. The maximum atomic E-state index is 13.6. The van der Waals surface area contributed by atoms with Crippen LogP contribution in [0, 0.1) is 5.82 Å². The van der Waals surface area contributed by atoms with Crippen LogP contribution in [-0.2, 0) is 16.0 Å². The second-order valence-corrected chi connectivity index (χ2v) is 5.62. The number of anilines is 1. The lowest BCUT2D eigenvalue weighted by Gasteiger charge is -2.15. The number of amides is 2. The fourth-order valence-electron chi connectivity index (χ4n) is 2.34. The Balaban J connectivity index is 1.94. The second kappa shape index (κ2) is 8.84. The van der Waals surface area contributed by atoms with Crippen LogP contribution in [0.25, 0.3) is 0 Å². The van der Waals surface area contributed by atoms with Crippen LogP contribution in [0.3, 0.4) is 0 Å². The molecule has 26 heavy (non-hydrogen) atoms. The summed E-state index contributed by atoms with van der Waals surface area (Å²) in [7, 11) is 3.04. The van der Waals surface area contributed by atoms with Gasteiger partial charge in [-0.3, -0.25) is 9.59 Å². The lowest BCUT2D eigenvalue weighted by Crippen LogP contribution is -2.42. The van der Waals surface area contributed by atoms with E-state index >= 15 is 0 Å². The molecule has 0 heterocycles. The Morgan fingerprint density at radius 1 is 1.08 bits per heavy atom. The fourth-order valence-corrected chi connectivity index (χ4v) is 2.34. The topological polar surface area (TPSA) is 76.7 Å². The van der Waals surface area contributed by atoms with E-state index in [2.05, 4.69) is 10.6 Å². The standard InChI is InChI=1S/C19H21FN2O4/c1-12(19(24)22-15-7-5-4-6-14(15)20)21-18(23)11-13-8-9-16(25-2)17(10-13)26-3/h4-10,12H,11H2,1-3H3,(H,21,23)(H,22,24). The van der Waals surface area contributed by atoms with Crippen LogP contribution < -0.4 is 20.1 Å². The van der Waals surface area contributed by atoms with Crippen molar-refractivity contribution in [3.8, 4) is 11.5 Å². The molecule has 2 N–H and O–H groups in total. The smallest absolute Gasteiger partial charge is 0.246 e. The van der Waals surface area contributed by atoms with Gasteiger partial charge in [0.1, 0.15) is 11.9 Å². The lowest BCUT2D eigenvalue weighted by molar-refractivity contribution is -0.125. The third kappa shape index (κ3) is 4.95. The number of halogens is 1. The highest BCUT2D eigenvalue weighted by Crippen LogP contribution is 2.27. The summed E-state index contributed by atoms with van der Waals surface area (Å²) in [5.41, 5.74) is 0.778. The maximum Gasteiger partial charge on any atom is 0.246 e. The third-order valence-electron chi connectivity index (χ3n) is 3.72. The predicted molar refractivity (Wildman–Crippen MR) is 95.9 cm³/mol. The van der Waals surface area contributed by atoms with E-state index < -0.39 is 17.8 Å². The van der Waals surface area contributed by atoms with Gasteiger partial charge < -0.3 is 20.1 Å². The minimum absolute atomic E-state index is 0.0671. The molecule has 0 aliphatic rings. The van der Waals surface area contributed by atoms with E-state index in [0.717, 1.165) is 0 Å². The van der Waals surface area contributed by atoms with Gasteiger partial charge in [-0.05, 0) is 36.8 Å². The van der Waals surface area contributed by atoms with Crippen molar-refractivity contribution in [2.45, 2.75) is 19.4 Å². The van der Waals surface area contributed by atoms with Crippen molar-refractivity contribution in [2.24, 2.45) is 0 Å². The molecule has 1 atom stereocenters. The molecule has 2 amide bonds. The minimum atomic E-state index is -0.817. The molecule has 0 aliphatic carbocycles. The Labute approximate surface area is 151 Å². The molecular weight excluding hydrogens is 339 g/mol. The number of methoxy groups -OCH3 is 2. The van der Waals surface area contributed by atoms with Crippen molar-refractivity contribution >= 4 is 17.5 Å². The summed E-state index contributed by atoms with van der Waals surface area (Å²) in [6.07, 6.45) is 0.0671. The molecule has 7 heteroatoms. The molecular formula is C19H21FN2O4. The quantitative estimate of drug-likeness (QED) is 0.796. The first-order valence-corrected chi connectivity index (χ1v) is 8.00. The van der Waals surface area contributed by atoms with Crippen molar-refractivity contribution in [1.82, 2.24) is 5.32 Å². The molecule has 2 aromatic rings. The molecule has 0 saturated carbocycles. The van der Waals surface area contributed by atoms with E-state index in [-0.39, 0.29) is 18.0 Å². The van der Waals surface area contributed by atoms with Gasteiger partial charge in [0.15, 0.2) is 11.5 Å². The van der Waals surface area contributed by atoms with Gasteiger partial charge in [0.05, 0.1) is 26.3 Å². The molecule has 0 aromatic heterocycles. The average Bonchev–Trinajstić information content (AvgIpc) is 2.63. The molecule has 2 aromatic carbocycles. The number of rotatable bonds is 7. The first-order valence-electron chi connectivity index (χ1n) is 8.00. The molecule has 138 valence electrons. The van der Waals surface area contributed by atoms with E-state index in [4.69, 9.17) is 9.47 Å². The fraction of sp³-hybridized carbons (Fsp3) is 0.263. The monoisotopic (exact) mass is 360 g/mol. The van der Waals surface area contributed by atoms with E-state index in [1.807, 2.05) is 0 Å². The Kier molecular flexibility index (Phi) is 6.54. The largest absolute Gasteiger partial charge is 0.493 e. The number of hydrogen-bond acceptors (Lipinski definition) is 4. The Morgan fingerprint density at radius 2 is 1.77 bits per heavy atom. The van der Waals surface area contributed by atoms with Gasteiger partial charge in [-0.1, -0.05) is 18.2 Å². The van der Waals surface area contributed by atoms with Gasteiger partial charge in [-0.2, -0.15) is 0 Å². The average molecular weight is 360 g/mol. The van der Waals surface area contributed by atoms with E-state index in [1.165, 1.54) is 39.3 Å². The van der Waals surface area contributed by atoms with Crippen LogP contribution >= 0.6 is 0 Å². The van der Waals surface area contributed by atoms with Crippen LogP contribution in [0.4, 0.5) is 10.1 Å². The highest BCUT2D eigenvalue weighted by Gasteiger charge is 2.17. The van der Waals surface area contributed by atoms with Crippen LogP contribution in [-0.4, -0.2) is 32.1 Å². The predicted octanol–water partition coefficient (Wildman–Crippen LogP) is 2.53. The van der Waals surface area contributed by atoms with E-state index in [0.29, 0.717) is 17.1 Å². The summed E-state index contributed by atoms with van der Waals surface area (Å²) in [5, 5.41) is 5.04. The van der Waals surface area contributed by atoms with Crippen molar-refractivity contribution in [1.29, 1.82) is 0 Å². The van der Waals surface area contributed by atoms with Crippen molar-refractivity contribution in [2.75, 3.05) is 19.5 Å². The van der Waals surface area contributed by atoms with Crippen LogP contribution in [0.5, 0.6) is 11.5 Å². The number of hydrogen-bond donors (Lipinski definition) is 2.